The summed E-state index contributed by atoms with van der Waals surface area (Å²) in [6.07, 6.45) is 3.60. The number of ether oxygens (including phenoxy) is 1. The number of hydrogen-bond acceptors (Lipinski definition) is 4. The number of carbonyl (C=O) groups is 1. The Morgan fingerprint density at radius 2 is 2.29 bits per heavy atom. The van der Waals surface area contributed by atoms with Crippen molar-refractivity contribution >= 4 is 11.9 Å². The summed E-state index contributed by atoms with van der Waals surface area (Å²) in [4.78, 5) is 18.4. The van der Waals surface area contributed by atoms with E-state index in [4.69, 9.17) is 4.74 Å². The fourth-order valence-electron chi connectivity index (χ4n) is 2.54. The molecule has 0 bridgehead atoms. The maximum absolute atomic E-state index is 12.4. The largest absolute Gasteiger partial charge is 0.443 e. The highest BCUT2D eigenvalue weighted by molar-refractivity contribution is 5.87. The molecule has 0 unspecified atom stereocenters. The van der Waals surface area contributed by atoms with Crippen LogP contribution in [-0.4, -0.2) is 29.8 Å². The number of amides is 1. The fraction of sp³-hybridized carbons (Fsp3) is 0.625. The minimum atomic E-state index is -0.509. The number of aromatic nitrogens is 1. The Kier molecular flexibility index (Phi) is 4.83. The number of anilines is 1. The lowest BCUT2D eigenvalue weighted by molar-refractivity contribution is 0.0581. The van der Waals surface area contributed by atoms with Crippen molar-refractivity contribution in [2.45, 2.75) is 52.2 Å². The molecule has 2 rings (SSSR count). The second-order valence-electron chi connectivity index (χ2n) is 6.29. The molecule has 5 heteroatoms. The smallest absolute Gasteiger partial charge is 0.415 e. The molecule has 1 aliphatic heterocycles. The van der Waals surface area contributed by atoms with Crippen LogP contribution in [0.5, 0.6) is 0 Å². The Morgan fingerprint density at radius 3 is 2.86 bits per heavy atom. The molecule has 1 aliphatic rings. The van der Waals surface area contributed by atoms with Gasteiger partial charge >= 0.3 is 6.09 Å². The first kappa shape index (κ1) is 15.8. The summed E-state index contributed by atoms with van der Waals surface area (Å²) in [6.45, 7) is 9.09. The van der Waals surface area contributed by atoms with Crippen LogP contribution in [0.3, 0.4) is 0 Å². The number of hydrogen-bond donors (Lipinski definition) is 1. The minimum absolute atomic E-state index is 0.269. The summed E-state index contributed by atoms with van der Waals surface area (Å²) in [5.74, 6) is 0.702. The third-order valence-electron chi connectivity index (χ3n) is 3.44. The lowest BCUT2D eigenvalue weighted by Gasteiger charge is -2.28. The van der Waals surface area contributed by atoms with Crippen molar-refractivity contribution < 1.29 is 9.53 Å². The summed E-state index contributed by atoms with van der Waals surface area (Å²) in [5, 5.41) is 3.46. The van der Waals surface area contributed by atoms with Gasteiger partial charge in [-0.2, -0.15) is 0 Å². The van der Waals surface area contributed by atoms with Crippen LogP contribution < -0.4 is 10.2 Å². The number of pyridine rings is 1. The van der Waals surface area contributed by atoms with Crippen molar-refractivity contribution in [2.75, 3.05) is 18.0 Å². The molecule has 1 atom stereocenters. The van der Waals surface area contributed by atoms with Gasteiger partial charge in [0.05, 0.1) is 0 Å². The van der Waals surface area contributed by atoms with Crippen LogP contribution >= 0.6 is 0 Å². The molecule has 0 aromatic carbocycles. The Morgan fingerprint density at radius 1 is 1.52 bits per heavy atom. The third-order valence-corrected chi connectivity index (χ3v) is 3.44. The Labute approximate surface area is 126 Å². The van der Waals surface area contributed by atoms with Crippen LogP contribution in [0.25, 0.3) is 0 Å². The van der Waals surface area contributed by atoms with Gasteiger partial charge in [0.15, 0.2) is 0 Å². The zero-order valence-corrected chi connectivity index (χ0v) is 13.3. The van der Waals surface area contributed by atoms with Gasteiger partial charge in [-0.1, -0.05) is 6.07 Å². The van der Waals surface area contributed by atoms with Crippen LogP contribution in [-0.2, 0) is 4.74 Å². The predicted molar refractivity (Wildman–Crippen MR) is 83.5 cm³/mol. The van der Waals surface area contributed by atoms with Gasteiger partial charge in [0.25, 0.3) is 0 Å². The fourth-order valence-corrected chi connectivity index (χ4v) is 2.54. The van der Waals surface area contributed by atoms with E-state index in [0.717, 1.165) is 24.9 Å². The van der Waals surface area contributed by atoms with Crippen LogP contribution in [0.1, 0.15) is 52.1 Å². The van der Waals surface area contributed by atoms with E-state index in [1.165, 1.54) is 0 Å². The van der Waals surface area contributed by atoms with Crippen LogP contribution in [0.4, 0.5) is 10.6 Å². The molecule has 2 heterocycles. The van der Waals surface area contributed by atoms with Gasteiger partial charge in [-0.3, -0.25) is 4.90 Å². The van der Waals surface area contributed by atoms with E-state index in [0.29, 0.717) is 12.4 Å². The van der Waals surface area contributed by atoms with Crippen LogP contribution in [0, 0.1) is 0 Å². The highest BCUT2D eigenvalue weighted by atomic mass is 16.6. The Hall–Kier alpha value is -1.62. The molecule has 0 saturated carbocycles. The number of nitrogens with zero attached hydrogens (tertiary/aromatic N) is 2. The van der Waals surface area contributed by atoms with Crippen molar-refractivity contribution in [3.63, 3.8) is 0 Å². The van der Waals surface area contributed by atoms with Gasteiger partial charge < -0.3 is 10.1 Å². The normalized spacial score (nSPS) is 18.6. The van der Waals surface area contributed by atoms with E-state index in [-0.39, 0.29) is 12.1 Å². The van der Waals surface area contributed by atoms with E-state index in [9.17, 15) is 4.79 Å². The zero-order valence-electron chi connectivity index (χ0n) is 13.3. The SMILES string of the molecule is CCN(C(=O)OC(C)(C)C)c1ncccc1[C@H]1CCCN1. The molecule has 1 aromatic heterocycles. The van der Waals surface area contributed by atoms with Crippen LogP contribution in [0.15, 0.2) is 18.3 Å². The monoisotopic (exact) mass is 291 g/mol. The number of rotatable bonds is 3. The molecule has 0 spiro atoms. The highest BCUT2D eigenvalue weighted by Gasteiger charge is 2.27. The molecule has 0 aliphatic carbocycles. The van der Waals surface area contributed by atoms with E-state index >= 15 is 0 Å². The van der Waals surface area contributed by atoms with Gasteiger partial charge in [0.2, 0.25) is 0 Å². The molecule has 0 radical (unpaired) electrons. The number of carbonyl (C=O) groups excluding carboxylic acids is 1. The minimum Gasteiger partial charge on any atom is -0.443 e. The maximum Gasteiger partial charge on any atom is 0.415 e. The van der Waals surface area contributed by atoms with Gasteiger partial charge in [0.1, 0.15) is 11.4 Å². The summed E-state index contributed by atoms with van der Waals surface area (Å²) in [7, 11) is 0. The first-order valence-electron chi connectivity index (χ1n) is 7.61. The lowest BCUT2D eigenvalue weighted by atomic mass is 10.1. The Balaban J connectivity index is 2.27. The highest BCUT2D eigenvalue weighted by Crippen LogP contribution is 2.30. The van der Waals surface area contributed by atoms with Gasteiger partial charge in [-0.05, 0) is 53.1 Å². The van der Waals surface area contributed by atoms with Crippen LogP contribution in [0.2, 0.25) is 0 Å². The average molecular weight is 291 g/mol. The topological polar surface area (TPSA) is 54.5 Å². The summed E-state index contributed by atoms with van der Waals surface area (Å²) < 4.78 is 5.49. The molecule has 116 valence electrons. The standard InChI is InChI=1S/C16H25N3O2/c1-5-19(15(20)21-16(2,3)4)14-12(8-6-11-18-14)13-9-7-10-17-13/h6,8,11,13,17H,5,7,9-10H2,1-4H3/t13-/m1/s1. The van der Waals surface area contributed by atoms with E-state index in [2.05, 4.69) is 10.3 Å². The molecule has 1 saturated heterocycles. The first-order chi connectivity index (χ1) is 9.92. The second kappa shape index (κ2) is 6.43. The molecular weight excluding hydrogens is 266 g/mol. The summed E-state index contributed by atoms with van der Waals surface area (Å²) in [5.41, 5.74) is 0.563. The van der Waals surface area contributed by atoms with Crippen molar-refractivity contribution in [1.82, 2.24) is 10.3 Å². The van der Waals surface area contributed by atoms with E-state index in [1.807, 2.05) is 39.8 Å². The molecule has 1 aromatic rings. The Bertz CT molecular complexity index is 491. The van der Waals surface area contributed by atoms with E-state index < -0.39 is 5.60 Å². The number of nitrogens with one attached hydrogen (secondary N) is 1. The van der Waals surface area contributed by atoms with Gasteiger partial charge in [0, 0.05) is 24.3 Å². The van der Waals surface area contributed by atoms with Crippen molar-refractivity contribution in [3.05, 3.63) is 23.9 Å². The van der Waals surface area contributed by atoms with Crippen molar-refractivity contribution in [3.8, 4) is 0 Å². The average Bonchev–Trinajstić information content (AvgIpc) is 2.92. The quantitative estimate of drug-likeness (QED) is 0.928. The van der Waals surface area contributed by atoms with Gasteiger partial charge in [-0.25, -0.2) is 9.78 Å². The zero-order chi connectivity index (χ0) is 15.5. The molecule has 5 nitrogen and oxygen atoms in total. The van der Waals surface area contributed by atoms with Gasteiger partial charge in [-0.15, -0.1) is 0 Å². The predicted octanol–water partition coefficient (Wildman–Crippen LogP) is 3.27. The van der Waals surface area contributed by atoms with E-state index in [1.54, 1.807) is 11.1 Å². The molecule has 1 amide bonds. The summed E-state index contributed by atoms with van der Waals surface area (Å²) >= 11 is 0. The summed E-state index contributed by atoms with van der Waals surface area (Å²) in [6, 6.07) is 4.23. The maximum atomic E-state index is 12.4. The molecule has 1 N–H and O–H groups in total. The lowest BCUT2D eigenvalue weighted by Crippen LogP contribution is -2.38. The molecule has 1 fully saturated rings. The third kappa shape index (κ3) is 3.94. The van der Waals surface area contributed by atoms with Crippen molar-refractivity contribution in [2.24, 2.45) is 0 Å². The molecular formula is C16H25N3O2. The first-order valence-corrected chi connectivity index (χ1v) is 7.61. The molecule has 21 heavy (non-hydrogen) atoms. The van der Waals surface area contributed by atoms with Crippen molar-refractivity contribution in [1.29, 1.82) is 0 Å². The second-order valence-corrected chi connectivity index (χ2v) is 6.29.